The lowest BCUT2D eigenvalue weighted by Gasteiger charge is -2.28. The molecule has 2 aromatic carbocycles. The van der Waals surface area contributed by atoms with E-state index in [1.54, 1.807) is 28.6 Å². The molecule has 1 aliphatic rings. The van der Waals surface area contributed by atoms with Crippen molar-refractivity contribution in [3.63, 3.8) is 0 Å². The molecule has 0 saturated carbocycles. The molecule has 0 spiro atoms. The van der Waals surface area contributed by atoms with Gasteiger partial charge in [0.05, 0.1) is 22.2 Å². The van der Waals surface area contributed by atoms with Crippen molar-refractivity contribution in [2.24, 2.45) is 0 Å². The number of nitrogens with zero attached hydrogens (tertiary/aromatic N) is 3. The number of hydrogen-bond acceptors (Lipinski definition) is 8. The van der Waals surface area contributed by atoms with Crippen LogP contribution in [0.5, 0.6) is 11.5 Å². The van der Waals surface area contributed by atoms with Gasteiger partial charge in [0.15, 0.2) is 11.5 Å². The first-order valence-electron chi connectivity index (χ1n) is 12.5. The number of ether oxygens (including phenoxy) is 3. The quantitative estimate of drug-likeness (QED) is 0.136. The second-order valence-electron chi connectivity index (χ2n) is 8.64. The fourth-order valence-corrected chi connectivity index (χ4v) is 5.05. The summed E-state index contributed by atoms with van der Waals surface area (Å²) in [5.74, 6) is 2.05. The predicted octanol–water partition coefficient (Wildman–Crippen LogP) is 7.08. The van der Waals surface area contributed by atoms with Crippen LogP contribution in [0, 0.1) is 0 Å². The highest BCUT2D eigenvalue weighted by atomic mass is 35.5. The molecule has 206 valence electrons. The Balaban J connectivity index is 1.72. The van der Waals surface area contributed by atoms with Crippen LogP contribution in [0.15, 0.2) is 65.5 Å². The molecule has 39 heavy (non-hydrogen) atoms. The maximum atomic E-state index is 13.2. The summed E-state index contributed by atoms with van der Waals surface area (Å²) in [6.45, 7) is 10.3. The maximum absolute atomic E-state index is 13.2. The lowest BCUT2D eigenvalue weighted by atomic mass is 9.95. The van der Waals surface area contributed by atoms with Crippen molar-refractivity contribution >= 4 is 46.9 Å². The Morgan fingerprint density at radius 2 is 1.97 bits per heavy atom. The first-order valence-corrected chi connectivity index (χ1v) is 14.3. The molecule has 0 fully saturated rings. The molecule has 0 amide bonds. The second-order valence-corrected chi connectivity index (χ2v) is 10.5. The predicted molar refractivity (Wildman–Crippen MR) is 155 cm³/mol. The molecular weight excluding hydrogens is 559 g/mol. The number of benzene rings is 2. The number of carbonyl (C=O) groups excluding carboxylic acids is 1. The summed E-state index contributed by atoms with van der Waals surface area (Å²) in [6.07, 6.45) is 2.52. The number of esters is 1. The first kappa shape index (κ1) is 28.9. The fourth-order valence-electron chi connectivity index (χ4n) is 4.04. The molecule has 11 heteroatoms. The largest absolute Gasteiger partial charge is 0.490 e. The molecular formula is C28H30Cl2N4O4S. The van der Waals surface area contributed by atoms with Gasteiger partial charge in [-0.3, -0.25) is 0 Å². The number of fused-ring (bicyclic) bond motifs is 1. The lowest BCUT2D eigenvalue weighted by Crippen LogP contribution is -2.29. The number of thioether (sulfide) groups is 1. The van der Waals surface area contributed by atoms with Gasteiger partial charge in [0.25, 0.3) is 0 Å². The zero-order chi connectivity index (χ0) is 27.9. The Bertz CT molecular complexity index is 1390. The van der Waals surface area contributed by atoms with E-state index < -0.39 is 12.0 Å². The maximum Gasteiger partial charge on any atom is 0.338 e. The molecule has 1 atom stereocenters. The highest BCUT2D eigenvalue weighted by Crippen LogP contribution is 2.40. The van der Waals surface area contributed by atoms with E-state index in [9.17, 15) is 4.79 Å². The van der Waals surface area contributed by atoms with Crippen molar-refractivity contribution in [3.8, 4) is 11.5 Å². The molecule has 0 aliphatic carbocycles. The smallest absolute Gasteiger partial charge is 0.338 e. The third kappa shape index (κ3) is 6.72. The summed E-state index contributed by atoms with van der Waals surface area (Å²) in [5, 5.41) is 9.52. The number of rotatable bonds is 12. The van der Waals surface area contributed by atoms with Crippen LogP contribution in [0.25, 0.3) is 0 Å². The Morgan fingerprint density at radius 1 is 1.15 bits per heavy atom. The van der Waals surface area contributed by atoms with Crippen molar-refractivity contribution in [2.75, 3.05) is 24.3 Å². The van der Waals surface area contributed by atoms with Crippen LogP contribution in [0.3, 0.4) is 0 Å². The van der Waals surface area contributed by atoms with Crippen LogP contribution in [-0.4, -0.2) is 39.7 Å². The van der Waals surface area contributed by atoms with E-state index in [0.29, 0.717) is 50.5 Å². The zero-order valence-corrected chi connectivity index (χ0v) is 24.3. The van der Waals surface area contributed by atoms with E-state index in [1.165, 1.54) is 6.08 Å². The molecule has 1 unspecified atom stereocenters. The van der Waals surface area contributed by atoms with Crippen LogP contribution < -0.4 is 14.8 Å². The SMILES string of the molecule is C=CCOC(=O)C1=C(C)Nc2nc(SCCC)nn2C1c1ccc(OCc2ccc(Cl)c(Cl)c2)c(OCC)c1. The molecule has 0 radical (unpaired) electrons. The minimum Gasteiger partial charge on any atom is -0.490 e. The van der Waals surface area contributed by atoms with E-state index >= 15 is 0 Å². The van der Waals surface area contributed by atoms with Crippen molar-refractivity contribution in [1.29, 1.82) is 0 Å². The van der Waals surface area contributed by atoms with Crippen LogP contribution in [0.4, 0.5) is 5.95 Å². The molecule has 3 aromatic rings. The van der Waals surface area contributed by atoms with Crippen LogP contribution >= 0.6 is 35.0 Å². The zero-order valence-electron chi connectivity index (χ0n) is 22.0. The molecule has 8 nitrogen and oxygen atoms in total. The van der Waals surface area contributed by atoms with Gasteiger partial charge < -0.3 is 19.5 Å². The van der Waals surface area contributed by atoms with Crippen molar-refractivity contribution < 1.29 is 19.0 Å². The summed E-state index contributed by atoms with van der Waals surface area (Å²) in [6, 6.07) is 10.3. The van der Waals surface area contributed by atoms with E-state index in [4.69, 9.17) is 42.5 Å². The van der Waals surface area contributed by atoms with Crippen molar-refractivity contribution in [2.45, 2.75) is 45.0 Å². The van der Waals surface area contributed by atoms with E-state index in [-0.39, 0.29) is 13.2 Å². The number of carbonyl (C=O) groups is 1. The third-order valence-electron chi connectivity index (χ3n) is 5.78. The van der Waals surface area contributed by atoms with Gasteiger partial charge in [0.1, 0.15) is 19.3 Å². The van der Waals surface area contributed by atoms with Crippen LogP contribution in [0.1, 0.15) is 44.4 Å². The van der Waals surface area contributed by atoms with Gasteiger partial charge in [0, 0.05) is 11.4 Å². The summed E-state index contributed by atoms with van der Waals surface area (Å²) < 4.78 is 19.2. The minimum absolute atomic E-state index is 0.0931. The van der Waals surface area contributed by atoms with Crippen molar-refractivity contribution in [1.82, 2.24) is 14.8 Å². The first-order chi connectivity index (χ1) is 18.9. The monoisotopic (exact) mass is 588 g/mol. The van der Waals surface area contributed by atoms with Crippen LogP contribution in [-0.2, 0) is 16.1 Å². The van der Waals surface area contributed by atoms with Gasteiger partial charge >= 0.3 is 5.97 Å². The minimum atomic E-state index is -0.592. The number of nitrogens with one attached hydrogen (secondary N) is 1. The highest BCUT2D eigenvalue weighted by molar-refractivity contribution is 7.99. The summed E-state index contributed by atoms with van der Waals surface area (Å²) >= 11 is 13.8. The molecule has 0 saturated heterocycles. The van der Waals surface area contributed by atoms with E-state index in [2.05, 4.69) is 23.8 Å². The van der Waals surface area contributed by atoms with Crippen molar-refractivity contribution in [3.05, 3.63) is 81.5 Å². The third-order valence-corrected chi connectivity index (χ3v) is 7.56. The van der Waals surface area contributed by atoms with Gasteiger partial charge in [-0.25, -0.2) is 9.48 Å². The van der Waals surface area contributed by atoms with E-state index in [0.717, 1.165) is 23.3 Å². The number of hydrogen-bond donors (Lipinski definition) is 1. The highest BCUT2D eigenvalue weighted by Gasteiger charge is 2.35. The topological polar surface area (TPSA) is 87.5 Å². The Hall–Kier alpha value is -3.14. The molecule has 0 bridgehead atoms. The Kier molecular flexibility index (Phi) is 9.83. The van der Waals surface area contributed by atoms with Crippen LogP contribution in [0.2, 0.25) is 10.0 Å². The molecule has 1 aromatic heterocycles. The number of halogens is 2. The molecule has 2 heterocycles. The van der Waals surface area contributed by atoms with E-state index in [1.807, 2.05) is 38.1 Å². The van der Waals surface area contributed by atoms with Gasteiger partial charge in [-0.05, 0) is 55.7 Å². The number of allylic oxidation sites excluding steroid dienone is 1. The average Bonchev–Trinajstić information content (AvgIpc) is 3.33. The Morgan fingerprint density at radius 3 is 2.69 bits per heavy atom. The number of anilines is 1. The molecule has 4 rings (SSSR count). The fraction of sp³-hybridized carbons (Fsp3) is 0.321. The number of aromatic nitrogens is 3. The average molecular weight is 590 g/mol. The van der Waals surface area contributed by atoms with Gasteiger partial charge in [-0.2, -0.15) is 4.98 Å². The van der Waals surface area contributed by atoms with Gasteiger partial charge in [-0.1, -0.05) is 66.7 Å². The summed E-state index contributed by atoms with van der Waals surface area (Å²) in [4.78, 5) is 17.9. The molecule has 1 N–H and O–H groups in total. The normalized spacial score (nSPS) is 14.4. The van der Waals surface area contributed by atoms with Gasteiger partial charge in [-0.15, -0.1) is 5.10 Å². The second kappa shape index (κ2) is 13.3. The standard InChI is InChI=1S/C28H30Cl2N4O4S/c1-5-12-37-26(35)24-17(4)31-27-32-28(39-13-6-2)33-34(27)25(24)19-9-11-22(23(15-19)36-7-3)38-16-18-8-10-20(29)21(30)14-18/h5,8-11,14-15,25H,1,6-7,12-13,16H2,2-4H3,(H,31,32,33). The summed E-state index contributed by atoms with van der Waals surface area (Å²) in [5.41, 5.74) is 2.70. The summed E-state index contributed by atoms with van der Waals surface area (Å²) in [7, 11) is 0. The van der Waals surface area contributed by atoms with Gasteiger partial charge in [0.2, 0.25) is 11.1 Å². The molecule has 1 aliphatic heterocycles. The Labute approximate surface area is 242 Å². The lowest BCUT2D eigenvalue weighted by molar-refractivity contribution is -0.138.